The molecular formula is C18H22N2O4S. The summed E-state index contributed by atoms with van der Waals surface area (Å²) in [6.45, 7) is 0.168. The lowest BCUT2D eigenvalue weighted by Crippen LogP contribution is -2.47. The van der Waals surface area contributed by atoms with Crippen LogP contribution in [0.3, 0.4) is 0 Å². The Bertz CT molecular complexity index is 779. The quantitative estimate of drug-likeness (QED) is 0.715. The normalized spacial score (nSPS) is 12.9. The summed E-state index contributed by atoms with van der Waals surface area (Å²) in [5, 5.41) is 9.34. The number of nitrogens with zero attached hydrogens (tertiary/aromatic N) is 1. The van der Waals surface area contributed by atoms with Gasteiger partial charge in [0.2, 0.25) is 0 Å². The van der Waals surface area contributed by atoms with Gasteiger partial charge < -0.3 is 5.11 Å². The lowest BCUT2D eigenvalue weighted by Gasteiger charge is -2.21. The number of aryl methyl sites for hydroxylation is 1. The fraction of sp³-hybridized carbons (Fsp3) is 0.278. The molecule has 0 fully saturated rings. The van der Waals surface area contributed by atoms with Crippen molar-refractivity contribution in [2.24, 2.45) is 0 Å². The zero-order chi connectivity index (χ0) is 18.3. The van der Waals surface area contributed by atoms with Crippen LogP contribution >= 0.6 is 0 Å². The zero-order valence-corrected chi connectivity index (χ0v) is 14.8. The average Bonchev–Trinajstić information content (AvgIpc) is 2.60. The molecule has 0 saturated heterocycles. The molecule has 1 atom stereocenters. The Balaban J connectivity index is 2.00. The smallest absolute Gasteiger partial charge is 0.321 e. The van der Waals surface area contributed by atoms with Gasteiger partial charge >= 0.3 is 5.97 Å². The molecule has 0 heterocycles. The Labute approximate surface area is 148 Å². The Kier molecular flexibility index (Phi) is 6.69. The minimum atomic E-state index is -3.90. The number of aliphatic carboxylic acids is 1. The number of carbonyl (C=O) groups is 1. The molecule has 0 bridgehead atoms. The van der Waals surface area contributed by atoms with Crippen LogP contribution in [0, 0.1) is 0 Å². The highest BCUT2D eigenvalue weighted by Crippen LogP contribution is 2.09. The van der Waals surface area contributed by atoms with Gasteiger partial charge in [0, 0.05) is 13.6 Å². The highest BCUT2D eigenvalue weighted by Gasteiger charge is 2.26. The van der Waals surface area contributed by atoms with Crippen LogP contribution in [0.1, 0.15) is 17.5 Å². The maximum Gasteiger partial charge on any atom is 0.321 e. The van der Waals surface area contributed by atoms with E-state index in [2.05, 4.69) is 4.72 Å². The van der Waals surface area contributed by atoms with Gasteiger partial charge in [0.25, 0.3) is 10.2 Å². The van der Waals surface area contributed by atoms with Crippen LogP contribution in [0.15, 0.2) is 60.7 Å². The van der Waals surface area contributed by atoms with Gasteiger partial charge in [0.1, 0.15) is 6.04 Å². The SMILES string of the molecule is CN(Cc1ccccc1)S(=O)(=O)N[C@@H](CCc1ccccc1)C(=O)O. The molecule has 0 unspecified atom stereocenters. The van der Waals surface area contributed by atoms with Crippen LogP contribution in [-0.4, -0.2) is 36.9 Å². The second-order valence-electron chi connectivity index (χ2n) is 5.78. The van der Waals surface area contributed by atoms with Gasteiger partial charge in [0.05, 0.1) is 0 Å². The van der Waals surface area contributed by atoms with E-state index in [1.807, 2.05) is 60.7 Å². The monoisotopic (exact) mass is 362 g/mol. The predicted octanol–water partition coefficient (Wildman–Crippen LogP) is 2.04. The summed E-state index contributed by atoms with van der Waals surface area (Å²) in [5.74, 6) is -1.19. The molecule has 0 spiro atoms. The number of nitrogens with one attached hydrogen (secondary N) is 1. The van der Waals surface area contributed by atoms with Crippen LogP contribution in [0.2, 0.25) is 0 Å². The first-order valence-corrected chi connectivity index (χ1v) is 9.37. The summed E-state index contributed by atoms with van der Waals surface area (Å²) in [6, 6.07) is 17.3. The molecule has 0 amide bonds. The first-order valence-electron chi connectivity index (χ1n) is 7.93. The molecule has 0 saturated carbocycles. The predicted molar refractivity (Wildman–Crippen MR) is 96.2 cm³/mol. The van der Waals surface area contributed by atoms with E-state index in [0.717, 1.165) is 15.4 Å². The highest BCUT2D eigenvalue weighted by molar-refractivity contribution is 7.87. The lowest BCUT2D eigenvalue weighted by atomic mass is 10.1. The second kappa shape index (κ2) is 8.75. The van der Waals surface area contributed by atoms with E-state index >= 15 is 0 Å². The van der Waals surface area contributed by atoms with E-state index in [1.54, 1.807) is 0 Å². The van der Waals surface area contributed by atoms with Gasteiger partial charge in [-0.25, -0.2) is 0 Å². The van der Waals surface area contributed by atoms with Crippen LogP contribution in [-0.2, 0) is 28.0 Å². The summed E-state index contributed by atoms with van der Waals surface area (Å²) < 4.78 is 28.2. The van der Waals surface area contributed by atoms with Crippen LogP contribution in [0.4, 0.5) is 0 Å². The largest absolute Gasteiger partial charge is 0.480 e. The molecule has 7 heteroatoms. The fourth-order valence-electron chi connectivity index (χ4n) is 2.38. The fourth-order valence-corrected chi connectivity index (χ4v) is 3.46. The van der Waals surface area contributed by atoms with Crippen molar-refractivity contribution >= 4 is 16.2 Å². The molecule has 6 nitrogen and oxygen atoms in total. The second-order valence-corrected chi connectivity index (χ2v) is 7.59. The minimum Gasteiger partial charge on any atom is -0.480 e. The third-order valence-electron chi connectivity index (χ3n) is 3.81. The molecule has 2 N–H and O–H groups in total. The average molecular weight is 362 g/mol. The number of carboxylic acids is 1. The summed E-state index contributed by atoms with van der Waals surface area (Å²) in [6.07, 6.45) is 0.653. The number of hydrogen-bond acceptors (Lipinski definition) is 3. The minimum absolute atomic E-state index is 0.168. The Morgan fingerprint density at radius 3 is 2.08 bits per heavy atom. The number of carboxylic acid groups (broad SMARTS) is 1. The van der Waals surface area contributed by atoms with Gasteiger partial charge in [-0.15, -0.1) is 0 Å². The number of benzene rings is 2. The van der Waals surface area contributed by atoms with E-state index in [1.165, 1.54) is 7.05 Å². The van der Waals surface area contributed by atoms with Gasteiger partial charge in [-0.1, -0.05) is 60.7 Å². The Morgan fingerprint density at radius 1 is 1.04 bits per heavy atom. The Morgan fingerprint density at radius 2 is 1.56 bits per heavy atom. The standard InChI is InChI=1S/C18H22N2O4S/c1-20(14-16-10-6-3-7-11-16)25(23,24)19-17(18(21)22)13-12-15-8-4-2-5-9-15/h2-11,17,19H,12-14H2,1H3,(H,21,22)/t17-/m0/s1. The summed E-state index contributed by atoms with van der Waals surface area (Å²) in [7, 11) is -2.48. The molecule has 25 heavy (non-hydrogen) atoms. The molecule has 0 aromatic heterocycles. The van der Waals surface area contributed by atoms with Crippen LogP contribution < -0.4 is 4.72 Å². The maximum atomic E-state index is 12.4. The molecule has 0 aliphatic rings. The van der Waals surface area contributed by atoms with Crippen molar-refractivity contribution in [2.45, 2.75) is 25.4 Å². The summed E-state index contributed by atoms with van der Waals surface area (Å²) in [5.41, 5.74) is 1.79. The third kappa shape index (κ3) is 5.97. The van der Waals surface area contributed by atoms with Gasteiger partial charge in [-0.3, -0.25) is 4.79 Å². The number of rotatable bonds is 9. The summed E-state index contributed by atoms with van der Waals surface area (Å²) in [4.78, 5) is 11.4. The van der Waals surface area contributed by atoms with Crippen LogP contribution in [0.5, 0.6) is 0 Å². The van der Waals surface area contributed by atoms with Crippen molar-refractivity contribution in [3.05, 3.63) is 71.8 Å². The van der Waals surface area contributed by atoms with E-state index in [0.29, 0.717) is 6.42 Å². The molecule has 0 radical (unpaired) electrons. The van der Waals surface area contributed by atoms with Crippen molar-refractivity contribution in [3.63, 3.8) is 0 Å². The Hall–Kier alpha value is -2.22. The lowest BCUT2D eigenvalue weighted by molar-refractivity contribution is -0.139. The van der Waals surface area contributed by atoms with Crippen molar-refractivity contribution < 1.29 is 18.3 Å². The van der Waals surface area contributed by atoms with E-state index in [9.17, 15) is 18.3 Å². The molecule has 0 aliphatic heterocycles. The van der Waals surface area contributed by atoms with E-state index < -0.39 is 22.2 Å². The summed E-state index contributed by atoms with van der Waals surface area (Å²) >= 11 is 0. The molecule has 2 aromatic carbocycles. The van der Waals surface area contributed by atoms with Gasteiger partial charge in [0.15, 0.2) is 0 Å². The zero-order valence-electron chi connectivity index (χ0n) is 14.0. The van der Waals surface area contributed by atoms with E-state index in [-0.39, 0.29) is 13.0 Å². The van der Waals surface area contributed by atoms with Crippen molar-refractivity contribution in [1.29, 1.82) is 0 Å². The van der Waals surface area contributed by atoms with E-state index in [4.69, 9.17) is 0 Å². The molecular weight excluding hydrogens is 340 g/mol. The third-order valence-corrected chi connectivity index (χ3v) is 5.34. The number of hydrogen-bond donors (Lipinski definition) is 2. The topological polar surface area (TPSA) is 86.7 Å². The van der Waals surface area contributed by atoms with Crippen molar-refractivity contribution in [2.75, 3.05) is 7.05 Å². The highest BCUT2D eigenvalue weighted by atomic mass is 32.2. The van der Waals surface area contributed by atoms with Gasteiger partial charge in [-0.2, -0.15) is 17.4 Å². The first kappa shape index (κ1) is 19.1. The van der Waals surface area contributed by atoms with Gasteiger partial charge in [-0.05, 0) is 24.0 Å². The molecule has 2 rings (SSSR count). The molecule has 134 valence electrons. The van der Waals surface area contributed by atoms with Crippen LogP contribution in [0.25, 0.3) is 0 Å². The molecule has 2 aromatic rings. The van der Waals surface area contributed by atoms with Crippen molar-refractivity contribution in [1.82, 2.24) is 9.03 Å². The molecule has 0 aliphatic carbocycles. The maximum absolute atomic E-state index is 12.4. The first-order chi connectivity index (χ1) is 11.9. The van der Waals surface area contributed by atoms with Crippen molar-refractivity contribution in [3.8, 4) is 0 Å².